The Bertz CT molecular complexity index is 1390. The van der Waals surface area contributed by atoms with Gasteiger partial charge in [0.2, 0.25) is 5.91 Å². The zero-order valence-corrected chi connectivity index (χ0v) is 18.7. The van der Waals surface area contributed by atoms with Gasteiger partial charge in [0.15, 0.2) is 0 Å². The van der Waals surface area contributed by atoms with Crippen LogP contribution in [-0.2, 0) is 6.54 Å². The van der Waals surface area contributed by atoms with Gasteiger partial charge in [-0.25, -0.2) is 4.98 Å². The van der Waals surface area contributed by atoms with Crippen molar-refractivity contribution in [3.63, 3.8) is 0 Å². The molecule has 1 amide bonds. The number of carbonyl (C=O) groups excluding carboxylic acids is 1. The number of rotatable bonds is 7. The Labute approximate surface area is 199 Å². The summed E-state index contributed by atoms with van der Waals surface area (Å²) in [4.78, 5) is 17.5. The van der Waals surface area contributed by atoms with E-state index in [-0.39, 0.29) is 5.92 Å². The summed E-state index contributed by atoms with van der Waals surface area (Å²) in [5.41, 5.74) is 11.3. The Morgan fingerprint density at radius 2 is 1.35 bits per heavy atom. The maximum Gasteiger partial charge on any atom is 0.249 e. The first kappa shape index (κ1) is 21.4. The molecule has 1 atom stereocenters. The average Bonchev–Trinajstić information content (AvgIpc) is 3.29. The van der Waals surface area contributed by atoms with Crippen LogP contribution in [0.25, 0.3) is 11.3 Å². The van der Waals surface area contributed by atoms with Gasteiger partial charge in [0.1, 0.15) is 5.82 Å². The van der Waals surface area contributed by atoms with Gasteiger partial charge in [-0.2, -0.15) is 0 Å². The SMILES string of the molecule is NC(=O)c1ccccc1[C@@H](c1ccccc1)c1nc(-c2ccccc2)cn1Cc1ccccc1. The molecule has 166 valence electrons. The third kappa shape index (κ3) is 4.39. The molecule has 0 saturated heterocycles. The third-order valence-corrected chi connectivity index (χ3v) is 6.00. The molecule has 0 radical (unpaired) electrons. The summed E-state index contributed by atoms with van der Waals surface area (Å²) in [5.74, 6) is 0.162. The van der Waals surface area contributed by atoms with Gasteiger partial charge in [-0.1, -0.05) is 109 Å². The Kier molecular flexibility index (Phi) is 6.04. The smallest absolute Gasteiger partial charge is 0.249 e. The zero-order chi connectivity index (χ0) is 23.3. The first-order chi connectivity index (χ1) is 16.7. The van der Waals surface area contributed by atoms with Gasteiger partial charge in [-0.05, 0) is 22.8 Å². The number of carbonyl (C=O) groups is 1. The van der Waals surface area contributed by atoms with E-state index in [1.165, 1.54) is 5.56 Å². The minimum Gasteiger partial charge on any atom is -0.366 e. The van der Waals surface area contributed by atoms with E-state index in [1.807, 2.05) is 72.8 Å². The Morgan fingerprint density at radius 1 is 0.765 bits per heavy atom. The highest BCUT2D eigenvalue weighted by atomic mass is 16.1. The van der Waals surface area contributed by atoms with Crippen LogP contribution in [0, 0.1) is 0 Å². The highest BCUT2D eigenvalue weighted by Gasteiger charge is 2.26. The number of primary amides is 1. The van der Waals surface area contributed by atoms with Crippen molar-refractivity contribution in [2.24, 2.45) is 5.73 Å². The van der Waals surface area contributed by atoms with Gasteiger partial charge in [0.25, 0.3) is 0 Å². The molecule has 2 N–H and O–H groups in total. The molecule has 0 saturated carbocycles. The van der Waals surface area contributed by atoms with Gasteiger partial charge in [-0.15, -0.1) is 0 Å². The maximum absolute atomic E-state index is 12.4. The van der Waals surface area contributed by atoms with Crippen LogP contribution in [0.4, 0.5) is 0 Å². The third-order valence-electron chi connectivity index (χ3n) is 6.00. The fraction of sp³-hybridized carbons (Fsp3) is 0.0667. The summed E-state index contributed by atoms with van der Waals surface area (Å²) < 4.78 is 2.19. The quantitative estimate of drug-likeness (QED) is 0.342. The highest BCUT2D eigenvalue weighted by molar-refractivity contribution is 5.94. The monoisotopic (exact) mass is 443 g/mol. The molecule has 0 fully saturated rings. The van der Waals surface area contributed by atoms with Crippen LogP contribution >= 0.6 is 0 Å². The molecule has 0 unspecified atom stereocenters. The largest absolute Gasteiger partial charge is 0.366 e. The van der Waals surface area contributed by atoms with Gasteiger partial charge in [-0.3, -0.25) is 4.79 Å². The van der Waals surface area contributed by atoms with Gasteiger partial charge >= 0.3 is 0 Å². The van der Waals surface area contributed by atoms with Crippen LogP contribution < -0.4 is 5.73 Å². The molecule has 0 aliphatic rings. The van der Waals surface area contributed by atoms with E-state index < -0.39 is 5.91 Å². The number of hydrogen-bond donors (Lipinski definition) is 1. The number of nitrogens with zero attached hydrogens (tertiary/aromatic N) is 2. The summed E-state index contributed by atoms with van der Waals surface area (Å²) in [6.07, 6.45) is 2.10. The van der Waals surface area contributed by atoms with Crippen LogP contribution in [0.2, 0.25) is 0 Å². The number of amides is 1. The minimum atomic E-state index is -0.444. The second kappa shape index (κ2) is 9.59. The molecular weight excluding hydrogens is 418 g/mol. The molecule has 34 heavy (non-hydrogen) atoms. The highest BCUT2D eigenvalue weighted by Crippen LogP contribution is 2.35. The molecule has 0 aliphatic carbocycles. The number of nitrogens with two attached hydrogens (primary N) is 1. The molecule has 0 bridgehead atoms. The van der Waals surface area contributed by atoms with E-state index in [0.717, 1.165) is 28.2 Å². The van der Waals surface area contributed by atoms with Gasteiger partial charge in [0, 0.05) is 23.9 Å². The first-order valence-corrected chi connectivity index (χ1v) is 11.3. The predicted octanol–water partition coefficient (Wildman–Crippen LogP) is 5.88. The lowest BCUT2D eigenvalue weighted by atomic mass is 9.87. The molecule has 0 aliphatic heterocycles. The van der Waals surface area contributed by atoms with Crippen molar-refractivity contribution in [1.82, 2.24) is 9.55 Å². The van der Waals surface area contributed by atoms with Crippen molar-refractivity contribution >= 4 is 5.91 Å². The topological polar surface area (TPSA) is 60.9 Å². The number of imidazole rings is 1. The van der Waals surface area contributed by atoms with Crippen LogP contribution in [0.1, 0.15) is 38.8 Å². The van der Waals surface area contributed by atoms with E-state index >= 15 is 0 Å². The summed E-state index contributed by atoms with van der Waals surface area (Å²) in [5, 5.41) is 0. The molecule has 4 heteroatoms. The summed E-state index contributed by atoms with van der Waals surface area (Å²) in [7, 11) is 0. The molecule has 1 aromatic heterocycles. The standard InChI is InChI=1S/C30H25N3O/c31-29(34)26-19-11-10-18-25(26)28(24-16-8-3-9-17-24)30-32-27(23-14-6-2-7-15-23)21-33(30)20-22-12-4-1-5-13-22/h1-19,21,28H,20H2,(H2,31,34)/t28-/m1/s1. The van der Waals surface area contributed by atoms with Crippen LogP contribution in [0.15, 0.2) is 121 Å². The summed E-state index contributed by atoms with van der Waals surface area (Å²) >= 11 is 0. The van der Waals surface area contributed by atoms with Crippen LogP contribution in [-0.4, -0.2) is 15.5 Å². The van der Waals surface area contributed by atoms with Crippen molar-refractivity contribution in [3.05, 3.63) is 150 Å². The van der Waals surface area contributed by atoms with Crippen molar-refractivity contribution in [3.8, 4) is 11.3 Å². The lowest BCUT2D eigenvalue weighted by molar-refractivity contribution is 0.0999. The Balaban J connectivity index is 1.73. The van der Waals surface area contributed by atoms with Crippen molar-refractivity contribution in [2.75, 3.05) is 0 Å². The lowest BCUT2D eigenvalue weighted by Crippen LogP contribution is -2.19. The molecule has 5 aromatic rings. The fourth-order valence-corrected chi connectivity index (χ4v) is 4.40. The summed E-state index contributed by atoms with van der Waals surface area (Å²) in [6.45, 7) is 0.665. The second-order valence-electron chi connectivity index (χ2n) is 8.26. The zero-order valence-electron chi connectivity index (χ0n) is 18.7. The van der Waals surface area contributed by atoms with Crippen LogP contribution in [0.3, 0.4) is 0 Å². The molecule has 1 heterocycles. The van der Waals surface area contributed by atoms with E-state index in [0.29, 0.717) is 12.1 Å². The minimum absolute atomic E-state index is 0.258. The van der Waals surface area contributed by atoms with E-state index in [9.17, 15) is 4.79 Å². The lowest BCUT2D eigenvalue weighted by Gasteiger charge is -2.21. The molecule has 4 aromatic carbocycles. The fourth-order valence-electron chi connectivity index (χ4n) is 4.40. The number of aromatic nitrogens is 2. The predicted molar refractivity (Wildman–Crippen MR) is 136 cm³/mol. The summed E-state index contributed by atoms with van der Waals surface area (Å²) in [6, 6.07) is 38.2. The average molecular weight is 444 g/mol. The van der Waals surface area contributed by atoms with E-state index in [2.05, 4.69) is 47.2 Å². The van der Waals surface area contributed by atoms with Gasteiger partial charge < -0.3 is 10.3 Å². The van der Waals surface area contributed by atoms with E-state index in [4.69, 9.17) is 10.7 Å². The van der Waals surface area contributed by atoms with Crippen molar-refractivity contribution in [2.45, 2.75) is 12.5 Å². The van der Waals surface area contributed by atoms with E-state index in [1.54, 1.807) is 6.07 Å². The molecule has 0 spiro atoms. The second-order valence-corrected chi connectivity index (χ2v) is 8.26. The Hall–Kier alpha value is -4.44. The molecular formula is C30H25N3O. The maximum atomic E-state index is 12.4. The molecule has 4 nitrogen and oxygen atoms in total. The van der Waals surface area contributed by atoms with Crippen molar-refractivity contribution in [1.29, 1.82) is 0 Å². The van der Waals surface area contributed by atoms with Gasteiger partial charge in [0.05, 0.1) is 11.6 Å². The van der Waals surface area contributed by atoms with Crippen molar-refractivity contribution < 1.29 is 4.79 Å². The number of benzene rings is 4. The normalized spacial score (nSPS) is 11.8. The number of hydrogen-bond acceptors (Lipinski definition) is 2. The first-order valence-electron chi connectivity index (χ1n) is 11.3. The molecule has 5 rings (SSSR count). The van der Waals surface area contributed by atoms with Crippen LogP contribution in [0.5, 0.6) is 0 Å². The Morgan fingerprint density at radius 3 is 2.03 bits per heavy atom.